The molecule has 0 radical (unpaired) electrons. The molecule has 254 valence electrons. The summed E-state index contributed by atoms with van der Waals surface area (Å²) in [5.41, 5.74) is 6.79. The number of nitrogens with one attached hydrogen (secondary N) is 1. The number of azo groups is 1. The number of amides is 2. The van der Waals surface area contributed by atoms with Crippen LogP contribution >= 0.6 is 0 Å². The molecule has 5 aliphatic rings. The lowest BCUT2D eigenvalue weighted by Gasteiger charge is -2.30. The molecule has 1 atom stereocenters. The third-order valence-electron chi connectivity index (χ3n) is 10.1. The highest BCUT2D eigenvalue weighted by molar-refractivity contribution is 5.99. The zero-order valence-corrected chi connectivity index (χ0v) is 27.8. The predicted octanol–water partition coefficient (Wildman–Crippen LogP) is 5.81. The normalized spacial score (nSPS) is 23.2. The molecule has 2 amide bonds. The van der Waals surface area contributed by atoms with Gasteiger partial charge in [-0.25, -0.2) is 15.0 Å². The monoisotopic (exact) mass is 670 g/mol. The summed E-state index contributed by atoms with van der Waals surface area (Å²) in [5, 5.41) is 23.3. The number of aromatic nitrogens is 2. The maximum Gasteiger partial charge on any atom is 0.258 e. The van der Waals surface area contributed by atoms with Crippen molar-refractivity contribution in [1.82, 2.24) is 24.8 Å². The number of nitrogens with zero attached hydrogens (tertiary/aromatic N) is 7. The van der Waals surface area contributed by atoms with Gasteiger partial charge in [-0.3, -0.25) is 19.7 Å². The average molecular weight is 671 g/mol. The minimum absolute atomic E-state index is 0.0378. The standard InChI is InChI=1S/C38H38N8O4/c1-50-38(37(48)41-30-9-10-32-31(22-30)35(43-42-32)29-13-19-46(49)33(21-29)27-5-6-27)14-20-44(24-38)23-34(47)45-17-11-26(12-18-45)25-3-7-28(8-4-25)36-39-15-2-16-40-36/h2-4,7-11,13,15-16,19,21-22,27,49H,5-6,12,14,17-18,20,23-24H2,1H3,(H,41,48)/t38-/m0/s1. The molecular formula is C38H38N8O4. The Morgan fingerprint density at radius 2 is 1.84 bits per heavy atom. The lowest BCUT2D eigenvalue weighted by molar-refractivity contribution is -0.138. The van der Waals surface area contributed by atoms with Crippen LogP contribution in [0.25, 0.3) is 22.7 Å². The Labute approximate surface area is 290 Å². The minimum atomic E-state index is -1.08. The van der Waals surface area contributed by atoms with Crippen LogP contribution in [0.3, 0.4) is 0 Å². The van der Waals surface area contributed by atoms with Crippen molar-refractivity contribution in [3.63, 3.8) is 0 Å². The molecule has 2 N–H and O–H groups in total. The number of hydrogen-bond acceptors (Lipinski definition) is 10. The van der Waals surface area contributed by atoms with Gasteiger partial charge < -0.3 is 15.0 Å². The molecule has 3 aromatic rings. The van der Waals surface area contributed by atoms with Gasteiger partial charge in [0.1, 0.15) is 5.70 Å². The fourth-order valence-electron chi connectivity index (χ4n) is 7.02. The molecule has 12 nitrogen and oxygen atoms in total. The van der Waals surface area contributed by atoms with Crippen LogP contribution in [-0.2, 0) is 14.3 Å². The van der Waals surface area contributed by atoms with Crippen molar-refractivity contribution in [3.05, 3.63) is 108 Å². The van der Waals surface area contributed by atoms with E-state index in [0.717, 1.165) is 52.9 Å². The van der Waals surface area contributed by atoms with E-state index in [-0.39, 0.29) is 18.4 Å². The van der Waals surface area contributed by atoms with Crippen molar-refractivity contribution in [2.75, 3.05) is 45.2 Å². The summed E-state index contributed by atoms with van der Waals surface area (Å²) >= 11 is 0. The second-order valence-electron chi connectivity index (χ2n) is 13.3. The number of allylic oxidation sites excluding steroid dienone is 4. The van der Waals surface area contributed by atoms with Gasteiger partial charge in [0.15, 0.2) is 11.4 Å². The number of methoxy groups -OCH3 is 1. The number of hydrogen-bond donors (Lipinski definition) is 2. The third-order valence-corrected chi connectivity index (χ3v) is 10.1. The third kappa shape index (κ3) is 6.28. The van der Waals surface area contributed by atoms with Gasteiger partial charge >= 0.3 is 0 Å². The van der Waals surface area contributed by atoms with E-state index in [1.165, 1.54) is 10.6 Å². The van der Waals surface area contributed by atoms with E-state index in [4.69, 9.17) is 4.74 Å². The average Bonchev–Trinajstić information content (AvgIpc) is 3.78. The molecule has 1 saturated heterocycles. The first-order chi connectivity index (χ1) is 24.4. The Hall–Kier alpha value is -5.30. The topological polar surface area (TPSA) is 136 Å². The SMILES string of the molecule is CO[C@@]1(C(=O)Nc2ccc3c(c2)C(=C2C=CN(O)C(C4CC4)=C2)N=N3)CCN(CC(=O)N2CC=C(c3ccc(-c4ncccn4)cc3)CC2)C1. The lowest BCUT2D eigenvalue weighted by atomic mass is 9.98. The molecule has 1 aromatic heterocycles. The molecule has 50 heavy (non-hydrogen) atoms. The smallest absolute Gasteiger partial charge is 0.258 e. The van der Waals surface area contributed by atoms with Gasteiger partial charge in [0.05, 0.1) is 12.2 Å². The predicted molar refractivity (Wildman–Crippen MR) is 188 cm³/mol. The van der Waals surface area contributed by atoms with E-state index in [1.807, 2.05) is 52.3 Å². The Balaban J connectivity index is 0.884. The lowest BCUT2D eigenvalue weighted by Crippen LogP contribution is -2.48. The summed E-state index contributed by atoms with van der Waals surface area (Å²) < 4.78 is 5.86. The number of benzene rings is 2. The summed E-state index contributed by atoms with van der Waals surface area (Å²) in [7, 11) is 1.55. The van der Waals surface area contributed by atoms with Crippen LogP contribution in [0.4, 0.5) is 11.4 Å². The molecule has 0 bridgehead atoms. The van der Waals surface area contributed by atoms with Gasteiger partial charge in [-0.1, -0.05) is 30.3 Å². The van der Waals surface area contributed by atoms with E-state index in [1.54, 1.807) is 31.8 Å². The maximum atomic E-state index is 13.7. The number of likely N-dealkylation sites (tertiary alicyclic amines) is 1. The number of rotatable bonds is 8. The highest BCUT2D eigenvalue weighted by Crippen LogP contribution is 2.43. The molecule has 5 heterocycles. The van der Waals surface area contributed by atoms with Gasteiger partial charge in [-0.2, -0.15) is 0 Å². The summed E-state index contributed by atoms with van der Waals surface area (Å²) in [6.07, 6.45) is 14.4. The van der Waals surface area contributed by atoms with Gasteiger partial charge in [-0.15, -0.1) is 10.2 Å². The van der Waals surface area contributed by atoms with Crippen molar-refractivity contribution in [1.29, 1.82) is 0 Å². The molecular weight excluding hydrogens is 632 g/mol. The van der Waals surface area contributed by atoms with E-state index in [9.17, 15) is 14.8 Å². The zero-order valence-electron chi connectivity index (χ0n) is 27.8. The Morgan fingerprint density at radius 3 is 2.58 bits per heavy atom. The number of carbonyl (C=O) groups is 2. The van der Waals surface area contributed by atoms with Gasteiger partial charge in [0.2, 0.25) is 5.91 Å². The van der Waals surface area contributed by atoms with Crippen LogP contribution < -0.4 is 5.32 Å². The molecule has 0 unspecified atom stereocenters. The van der Waals surface area contributed by atoms with E-state index in [2.05, 4.69) is 43.7 Å². The van der Waals surface area contributed by atoms with Crippen LogP contribution in [0.2, 0.25) is 0 Å². The largest absolute Gasteiger partial charge is 0.367 e. The molecule has 1 aliphatic carbocycles. The zero-order chi connectivity index (χ0) is 34.2. The maximum absolute atomic E-state index is 13.7. The fourth-order valence-corrected chi connectivity index (χ4v) is 7.02. The second-order valence-corrected chi connectivity index (χ2v) is 13.3. The van der Waals surface area contributed by atoms with Crippen LogP contribution in [0.1, 0.15) is 36.8 Å². The summed E-state index contributed by atoms with van der Waals surface area (Å²) in [6.45, 7) is 2.29. The highest BCUT2D eigenvalue weighted by Gasteiger charge is 2.45. The second kappa shape index (κ2) is 13.2. The molecule has 8 rings (SSSR count). The molecule has 12 heteroatoms. The van der Waals surface area contributed by atoms with Crippen LogP contribution in [0.5, 0.6) is 0 Å². The van der Waals surface area contributed by atoms with Gasteiger partial charge in [0, 0.05) is 85.9 Å². The Kier molecular flexibility index (Phi) is 8.43. The van der Waals surface area contributed by atoms with Crippen molar-refractivity contribution in [2.24, 2.45) is 16.1 Å². The van der Waals surface area contributed by atoms with E-state index >= 15 is 0 Å². The number of hydroxylamine groups is 2. The first-order valence-corrected chi connectivity index (χ1v) is 17.0. The van der Waals surface area contributed by atoms with Crippen molar-refractivity contribution in [3.8, 4) is 11.4 Å². The van der Waals surface area contributed by atoms with Gasteiger partial charge in [-0.05, 0) is 73.2 Å². The fraction of sp³-hybridized carbons (Fsp3) is 0.316. The molecule has 1 saturated carbocycles. The number of carbonyl (C=O) groups excluding carboxylic acids is 2. The quantitative estimate of drug-likeness (QED) is 0.307. The van der Waals surface area contributed by atoms with Crippen LogP contribution in [-0.4, -0.2) is 87.3 Å². The van der Waals surface area contributed by atoms with E-state index in [0.29, 0.717) is 55.7 Å². The van der Waals surface area contributed by atoms with Crippen molar-refractivity contribution < 1.29 is 19.5 Å². The van der Waals surface area contributed by atoms with E-state index < -0.39 is 5.60 Å². The molecule has 2 fully saturated rings. The minimum Gasteiger partial charge on any atom is -0.367 e. The number of ether oxygens (including phenoxy) is 1. The van der Waals surface area contributed by atoms with Crippen molar-refractivity contribution in [2.45, 2.75) is 31.3 Å². The number of fused-ring (bicyclic) bond motifs is 1. The first kappa shape index (κ1) is 31.9. The Bertz CT molecular complexity index is 1980. The first-order valence-electron chi connectivity index (χ1n) is 17.0. The summed E-state index contributed by atoms with van der Waals surface area (Å²) in [5.74, 6) is 0.833. The van der Waals surface area contributed by atoms with Crippen LogP contribution in [0.15, 0.2) is 107 Å². The molecule has 0 spiro atoms. The van der Waals surface area contributed by atoms with Gasteiger partial charge in [0.25, 0.3) is 5.91 Å². The Morgan fingerprint density at radius 1 is 1.04 bits per heavy atom. The number of anilines is 1. The van der Waals surface area contributed by atoms with Crippen LogP contribution in [0, 0.1) is 5.92 Å². The highest BCUT2D eigenvalue weighted by atomic mass is 16.5. The molecule has 2 aromatic carbocycles. The summed E-state index contributed by atoms with van der Waals surface area (Å²) in [6, 6.07) is 15.5. The molecule has 4 aliphatic heterocycles. The summed E-state index contributed by atoms with van der Waals surface area (Å²) in [4.78, 5) is 39.6. The van der Waals surface area contributed by atoms with Crippen molar-refractivity contribution >= 4 is 34.5 Å².